The molecule has 0 aliphatic heterocycles. The Hall–Kier alpha value is -1.61. The predicted octanol–water partition coefficient (Wildman–Crippen LogP) is 3.37. The van der Waals surface area contributed by atoms with Crippen LogP contribution >= 0.6 is 11.6 Å². The van der Waals surface area contributed by atoms with Crippen LogP contribution in [0.4, 0.5) is 5.95 Å². The molecule has 3 nitrogen and oxygen atoms in total. The van der Waals surface area contributed by atoms with Crippen molar-refractivity contribution in [3.8, 4) is 11.1 Å². The highest BCUT2D eigenvalue weighted by molar-refractivity contribution is 6.30. The van der Waals surface area contributed by atoms with Crippen LogP contribution in [-0.4, -0.2) is 16.0 Å². The zero-order chi connectivity index (χ0) is 11.7. The Morgan fingerprint density at radius 1 is 1.00 bits per heavy atom. The van der Waals surface area contributed by atoms with E-state index in [-0.39, 0.29) is 0 Å². The zero-order valence-electron chi connectivity index (χ0n) is 9.23. The third-order valence-electron chi connectivity index (χ3n) is 2.74. The second-order valence-electron chi connectivity index (χ2n) is 4.22. The van der Waals surface area contributed by atoms with Crippen molar-refractivity contribution in [1.29, 1.82) is 0 Å². The first-order valence-corrected chi connectivity index (χ1v) is 6.03. The summed E-state index contributed by atoms with van der Waals surface area (Å²) in [6.07, 6.45) is 6.12. The number of halogens is 1. The number of hydrogen-bond donors (Lipinski definition) is 1. The second kappa shape index (κ2) is 4.34. The fourth-order valence-electron chi connectivity index (χ4n) is 1.60. The third-order valence-corrected chi connectivity index (χ3v) is 2.99. The highest BCUT2D eigenvalue weighted by Gasteiger charge is 2.21. The molecule has 1 N–H and O–H groups in total. The number of benzene rings is 1. The van der Waals surface area contributed by atoms with E-state index in [0.29, 0.717) is 12.0 Å². The maximum atomic E-state index is 5.85. The fraction of sp³-hybridized carbons (Fsp3) is 0.231. The van der Waals surface area contributed by atoms with E-state index in [2.05, 4.69) is 15.3 Å². The largest absolute Gasteiger partial charge is 0.351 e. The summed E-state index contributed by atoms with van der Waals surface area (Å²) in [5, 5.41) is 4.00. The highest BCUT2D eigenvalue weighted by Crippen LogP contribution is 2.24. The summed E-state index contributed by atoms with van der Waals surface area (Å²) in [5.74, 6) is 0.713. The Morgan fingerprint density at radius 3 is 2.24 bits per heavy atom. The van der Waals surface area contributed by atoms with Crippen LogP contribution in [-0.2, 0) is 0 Å². The van der Waals surface area contributed by atoms with Crippen molar-refractivity contribution in [3.63, 3.8) is 0 Å². The van der Waals surface area contributed by atoms with Crippen molar-refractivity contribution in [1.82, 2.24) is 9.97 Å². The van der Waals surface area contributed by atoms with Gasteiger partial charge in [0.1, 0.15) is 0 Å². The minimum absolute atomic E-state index is 0.580. The maximum absolute atomic E-state index is 5.85. The van der Waals surface area contributed by atoms with Crippen molar-refractivity contribution in [2.45, 2.75) is 18.9 Å². The summed E-state index contributed by atoms with van der Waals surface area (Å²) < 4.78 is 0. The van der Waals surface area contributed by atoms with Crippen LogP contribution < -0.4 is 5.32 Å². The molecule has 0 unspecified atom stereocenters. The molecule has 2 aromatic rings. The van der Waals surface area contributed by atoms with Crippen molar-refractivity contribution < 1.29 is 0 Å². The summed E-state index contributed by atoms with van der Waals surface area (Å²) in [6.45, 7) is 0. The van der Waals surface area contributed by atoms with Crippen molar-refractivity contribution >= 4 is 17.5 Å². The molecule has 0 saturated heterocycles. The number of nitrogens with one attached hydrogen (secondary N) is 1. The SMILES string of the molecule is Clc1ccc(-c2cnc(NC3CC3)nc2)cc1. The number of anilines is 1. The van der Waals surface area contributed by atoms with E-state index in [1.165, 1.54) is 12.8 Å². The standard InChI is InChI=1S/C13H12ClN3/c14-11-3-1-9(2-4-11)10-7-15-13(16-8-10)17-12-5-6-12/h1-4,7-8,12H,5-6H2,(H,15,16,17). The average molecular weight is 246 g/mol. The Bertz CT molecular complexity index is 503. The molecule has 1 aliphatic carbocycles. The van der Waals surface area contributed by atoms with E-state index >= 15 is 0 Å². The second-order valence-corrected chi connectivity index (χ2v) is 4.66. The number of aromatic nitrogens is 2. The normalized spacial score (nSPS) is 14.6. The molecule has 4 heteroatoms. The van der Waals surface area contributed by atoms with Gasteiger partial charge >= 0.3 is 0 Å². The lowest BCUT2D eigenvalue weighted by Crippen LogP contribution is -2.04. The van der Waals surface area contributed by atoms with Gasteiger partial charge in [0.15, 0.2) is 0 Å². The lowest BCUT2D eigenvalue weighted by Gasteiger charge is -2.04. The lowest BCUT2D eigenvalue weighted by atomic mass is 10.1. The molecule has 1 saturated carbocycles. The van der Waals surface area contributed by atoms with Crippen molar-refractivity contribution in [2.24, 2.45) is 0 Å². The van der Waals surface area contributed by atoms with Crippen LogP contribution in [0.25, 0.3) is 11.1 Å². The molecule has 0 amide bonds. The first kappa shape index (κ1) is 10.5. The molecule has 3 rings (SSSR count). The van der Waals surface area contributed by atoms with Crippen molar-refractivity contribution in [3.05, 3.63) is 41.7 Å². The van der Waals surface area contributed by atoms with E-state index in [9.17, 15) is 0 Å². The maximum Gasteiger partial charge on any atom is 0.222 e. The third kappa shape index (κ3) is 2.56. The summed E-state index contributed by atoms with van der Waals surface area (Å²) in [4.78, 5) is 8.60. The van der Waals surface area contributed by atoms with E-state index < -0.39 is 0 Å². The zero-order valence-corrected chi connectivity index (χ0v) is 9.98. The lowest BCUT2D eigenvalue weighted by molar-refractivity contribution is 1.05. The quantitative estimate of drug-likeness (QED) is 0.901. The summed E-state index contributed by atoms with van der Waals surface area (Å²) in [5.41, 5.74) is 2.08. The molecule has 0 bridgehead atoms. The van der Waals surface area contributed by atoms with Crippen LogP contribution in [0.5, 0.6) is 0 Å². The molecular weight excluding hydrogens is 234 g/mol. The van der Waals surface area contributed by atoms with E-state index in [1.54, 1.807) is 0 Å². The molecule has 1 aromatic carbocycles. The van der Waals surface area contributed by atoms with Crippen molar-refractivity contribution in [2.75, 3.05) is 5.32 Å². The molecule has 1 heterocycles. The number of hydrogen-bond acceptors (Lipinski definition) is 3. The Balaban J connectivity index is 1.80. The minimum atomic E-state index is 0.580. The van der Waals surface area contributed by atoms with Gasteiger partial charge in [-0.25, -0.2) is 9.97 Å². The van der Waals surface area contributed by atoms with Gasteiger partial charge in [-0.05, 0) is 30.5 Å². The van der Waals surface area contributed by atoms with Gasteiger partial charge in [-0.15, -0.1) is 0 Å². The molecule has 17 heavy (non-hydrogen) atoms. The van der Waals surface area contributed by atoms with Gasteiger partial charge < -0.3 is 5.32 Å². The van der Waals surface area contributed by atoms with Crippen LogP contribution in [0.1, 0.15) is 12.8 Å². The molecule has 0 atom stereocenters. The number of rotatable bonds is 3. The van der Waals surface area contributed by atoms with Gasteiger partial charge in [0, 0.05) is 29.0 Å². The van der Waals surface area contributed by atoms with Crippen LogP contribution in [0.15, 0.2) is 36.7 Å². The summed E-state index contributed by atoms with van der Waals surface area (Å²) in [7, 11) is 0. The molecule has 0 spiro atoms. The highest BCUT2D eigenvalue weighted by atomic mass is 35.5. The molecule has 1 aromatic heterocycles. The first-order chi connectivity index (χ1) is 8.31. The molecule has 1 fully saturated rings. The Kier molecular flexibility index (Phi) is 2.69. The summed E-state index contributed by atoms with van der Waals surface area (Å²) >= 11 is 5.85. The van der Waals surface area contributed by atoms with E-state index in [0.717, 1.165) is 16.1 Å². The Morgan fingerprint density at radius 2 is 1.65 bits per heavy atom. The van der Waals surface area contributed by atoms with Gasteiger partial charge in [0.2, 0.25) is 5.95 Å². The van der Waals surface area contributed by atoms with E-state index in [4.69, 9.17) is 11.6 Å². The van der Waals surface area contributed by atoms with Crippen LogP contribution in [0, 0.1) is 0 Å². The molecule has 86 valence electrons. The smallest absolute Gasteiger partial charge is 0.222 e. The van der Waals surface area contributed by atoms with Gasteiger partial charge in [-0.3, -0.25) is 0 Å². The average Bonchev–Trinajstić information content (AvgIpc) is 3.15. The topological polar surface area (TPSA) is 37.8 Å². The number of nitrogens with zero attached hydrogens (tertiary/aromatic N) is 2. The van der Waals surface area contributed by atoms with Gasteiger partial charge in [0.05, 0.1) is 0 Å². The summed E-state index contributed by atoms with van der Waals surface area (Å²) in [6, 6.07) is 8.25. The fourth-order valence-corrected chi connectivity index (χ4v) is 1.73. The minimum Gasteiger partial charge on any atom is -0.351 e. The van der Waals surface area contributed by atoms with Gasteiger partial charge in [-0.1, -0.05) is 23.7 Å². The molecular formula is C13H12ClN3. The van der Waals surface area contributed by atoms with Gasteiger partial charge in [-0.2, -0.15) is 0 Å². The van der Waals surface area contributed by atoms with Gasteiger partial charge in [0.25, 0.3) is 0 Å². The van der Waals surface area contributed by atoms with Crippen LogP contribution in [0.2, 0.25) is 5.02 Å². The van der Waals surface area contributed by atoms with Crippen LogP contribution in [0.3, 0.4) is 0 Å². The predicted molar refractivity (Wildman–Crippen MR) is 69.1 cm³/mol. The van der Waals surface area contributed by atoms with E-state index in [1.807, 2.05) is 36.7 Å². The Labute approximate surface area is 105 Å². The monoisotopic (exact) mass is 245 g/mol. The molecule has 0 radical (unpaired) electrons. The molecule has 1 aliphatic rings. The first-order valence-electron chi connectivity index (χ1n) is 5.66.